The molecule has 0 aliphatic carbocycles. The zero-order chi connectivity index (χ0) is 34.1. The van der Waals surface area contributed by atoms with Gasteiger partial charge in [-0.1, -0.05) is 24.3 Å². The number of amides is 3. The Kier molecular flexibility index (Phi) is 9.68. The predicted octanol–water partition coefficient (Wildman–Crippen LogP) is 3.72. The standard InChI is InChI=1S/C37H48N6O6/c1-25-22-27(23-32-34(25)39(3)37(46)49-32)24-33(35(44)42-18-16-41(17-19-42)29-11-20-47-21-12-29)48-26(2)40-13-9-30(10-14-40)43-15-8-28-6-4-5-7-31(28)38-36(43)45/h4-7,22-23,29-30,33H,2,8-21,24H2,1,3H3,(H,38,45)/t33-/m1/s1. The third kappa shape index (κ3) is 7.07. The lowest BCUT2D eigenvalue weighted by Crippen LogP contribution is -2.55. The molecule has 262 valence electrons. The van der Waals surface area contributed by atoms with E-state index in [0.717, 1.165) is 86.3 Å². The summed E-state index contributed by atoms with van der Waals surface area (Å²) in [5.74, 6) is -0.00867. The largest absolute Gasteiger partial charge is 0.466 e. The molecule has 4 aliphatic rings. The van der Waals surface area contributed by atoms with Crippen LogP contribution < -0.4 is 11.1 Å². The number of hydrogen-bond donors (Lipinski definition) is 1. The molecule has 0 radical (unpaired) electrons. The van der Waals surface area contributed by atoms with E-state index in [1.807, 2.05) is 47.1 Å². The van der Waals surface area contributed by atoms with Gasteiger partial charge in [0.25, 0.3) is 5.91 Å². The fourth-order valence-corrected chi connectivity index (χ4v) is 8.06. The van der Waals surface area contributed by atoms with Gasteiger partial charge in [0, 0.05) is 90.3 Å². The first-order valence-corrected chi connectivity index (χ1v) is 17.7. The van der Waals surface area contributed by atoms with Crippen LogP contribution in [0.2, 0.25) is 0 Å². The molecule has 1 N–H and O–H groups in total. The fraction of sp³-hybridized carbons (Fsp3) is 0.541. The summed E-state index contributed by atoms with van der Waals surface area (Å²) in [7, 11) is 1.70. The lowest BCUT2D eigenvalue weighted by Gasteiger charge is -2.42. The second-order valence-electron chi connectivity index (χ2n) is 13.8. The van der Waals surface area contributed by atoms with Gasteiger partial charge in [-0.25, -0.2) is 9.59 Å². The van der Waals surface area contributed by atoms with Gasteiger partial charge in [-0.2, -0.15) is 0 Å². The number of piperidine rings is 1. The molecule has 3 amide bonds. The third-order valence-electron chi connectivity index (χ3n) is 10.8. The number of piperazine rings is 1. The summed E-state index contributed by atoms with van der Waals surface area (Å²) in [5.41, 5.74) is 5.05. The summed E-state index contributed by atoms with van der Waals surface area (Å²) in [4.78, 5) is 48.1. The van der Waals surface area contributed by atoms with Crippen LogP contribution in [0.25, 0.3) is 11.1 Å². The second kappa shape index (κ2) is 14.3. The van der Waals surface area contributed by atoms with Gasteiger partial charge in [0.2, 0.25) is 0 Å². The Morgan fingerprint density at radius 1 is 0.959 bits per heavy atom. The highest BCUT2D eigenvalue weighted by Crippen LogP contribution is 2.28. The maximum atomic E-state index is 14.2. The van der Waals surface area contributed by atoms with Crippen molar-refractivity contribution in [1.29, 1.82) is 0 Å². The number of ether oxygens (including phenoxy) is 2. The van der Waals surface area contributed by atoms with Crippen LogP contribution in [-0.2, 0) is 34.2 Å². The number of anilines is 1. The fourth-order valence-electron chi connectivity index (χ4n) is 8.06. The molecule has 3 saturated heterocycles. The van der Waals surface area contributed by atoms with E-state index < -0.39 is 11.9 Å². The quantitative estimate of drug-likeness (QED) is 0.361. The van der Waals surface area contributed by atoms with E-state index in [4.69, 9.17) is 13.9 Å². The number of likely N-dealkylation sites (tertiary alicyclic amines) is 1. The number of carbonyl (C=O) groups excluding carboxylic acids is 2. The van der Waals surface area contributed by atoms with Crippen molar-refractivity contribution in [3.05, 3.63) is 76.1 Å². The Morgan fingerprint density at radius 3 is 2.45 bits per heavy atom. The number of carbonyl (C=O) groups is 2. The van der Waals surface area contributed by atoms with Crippen LogP contribution in [0.15, 0.2) is 58.1 Å². The monoisotopic (exact) mass is 672 g/mol. The number of nitrogens with zero attached hydrogens (tertiary/aromatic N) is 5. The molecule has 1 atom stereocenters. The Bertz CT molecular complexity index is 1750. The zero-order valence-corrected chi connectivity index (χ0v) is 28.7. The first kappa shape index (κ1) is 33.2. The van der Waals surface area contributed by atoms with Crippen molar-refractivity contribution >= 4 is 28.7 Å². The van der Waals surface area contributed by atoms with Crippen molar-refractivity contribution in [2.24, 2.45) is 7.05 Å². The van der Waals surface area contributed by atoms with Crippen molar-refractivity contribution in [2.45, 2.75) is 63.6 Å². The molecule has 0 bridgehead atoms. The minimum atomic E-state index is -0.790. The average Bonchev–Trinajstić information content (AvgIpc) is 3.30. The van der Waals surface area contributed by atoms with Crippen LogP contribution in [0, 0.1) is 6.92 Å². The molecule has 49 heavy (non-hydrogen) atoms. The van der Waals surface area contributed by atoms with Crippen LogP contribution in [0.4, 0.5) is 10.5 Å². The van der Waals surface area contributed by atoms with E-state index in [1.165, 1.54) is 4.57 Å². The van der Waals surface area contributed by atoms with Gasteiger partial charge in [-0.3, -0.25) is 14.3 Å². The summed E-state index contributed by atoms with van der Waals surface area (Å²) >= 11 is 0. The number of rotatable bonds is 8. The SMILES string of the molecule is C=C(O[C@H](Cc1cc(C)c2c(c1)oc(=O)n2C)C(=O)N1CCN(C2CCOCC2)CC1)N1CCC(N2CCc3ccccc3NC2=O)CC1. The van der Waals surface area contributed by atoms with E-state index >= 15 is 0 Å². The molecule has 1 aromatic heterocycles. The Balaban J connectivity index is 1.02. The Hall–Kier alpha value is -4.29. The number of fused-ring (bicyclic) bond motifs is 2. The lowest BCUT2D eigenvalue weighted by molar-refractivity contribution is -0.145. The van der Waals surface area contributed by atoms with E-state index in [9.17, 15) is 14.4 Å². The molecule has 7 rings (SSSR count). The van der Waals surface area contributed by atoms with Gasteiger partial charge in [-0.15, -0.1) is 0 Å². The van der Waals surface area contributed by atoms with E-state index in [0.29, 0.717) is 56.7 Å². The topological polar surface area (TPSA) is 113 Å². The van der Waals surface area contributed by atoms with Crippen molar-refractivity contribution in [2.75, 3.05) is 64.3 Å². The molecule has 0 saturated carbocycles. The number of nitrogens with one attached hydrogen (secondary N) is 1. The van der Waals surface area contributed by atoms with Gasteiger partial charge in [0.1, 0.15) is 0 Å². The number of aryl methyl sites for hydroxylation is 2. The van der Waals surface area contributed by atoms with Crippen molar-refractivity contribution < 1.29 is 23.5 Å². The van der Waals surface area contributed by atoms with Gasteiger partial charge in [0.05, 0.1) is 5.52 Å². The summed E-state index contributed by atoms with van der Waals surface area (Å²) in [6.45, 7) is 12.8. The maximum Gasteiger partial charge on any atom is 0.419 e. The number of benzene rings is 2. The van der Waals surface area contributed by atoms with Crippen molar-refractivity contribution in [3.63, 3.8) is 0 Å². The van der Waals surface area contributed by atoms with E-state index in [2.05, 4.69) is 27.8 Å². The molecule has 5 heterocycles. The molecular formula is C37H48N6O6. The summed E-state index contributed by atoms with van der Waals surface area (Å²) < 4.78 is 19.1. The van der Waals surface area contributed by atoms with Crippen molar-refractivity contribution in [1.82, 2.24) is 24.2 Å². The predicted molar refractivity (Wildman–Crippen MR) is 186 cm³/mol. The van der Waals surface area contributed by atoms with Crippen molar-refractivity contribution in [3.8, 4) is 0 Å². The van der Waals surface area contributed by atoms with E-state index in [1.54, 1.807) is 7.05 Å². The molecule has 12 heteroatoms. The maximum absolute atomic E-state index is 14.2. The average molecular weight is 673 g/mol. The summed E-state index contributed by atoms with van der Waals surface area (Å²) in [5, 5.41) is 3.09. The van der Waals surface area contributed by atoms with Crippen LogP contribution >= 0.6 is 0 Å². The number of hydrogen-bond acceptors (Lipinski definition) is 8. The normalized spacial score (nSPS) is 20.5. The minimum Gasteiger partial charge on any atom is -0.466 e. The van der Waals surface area contributed by atoms with Gasteiger partial charge < -0.3 is 33.9 Å². The zero-order valence-electron chi connectivity index (χ0n) is 28.7. The molecule has 12 nitrogen and oxygen atoms in total. The molecule has 4 aliphatic heterocycles. The Labute approximate surface area is 287 Å². The molecular weight excluding hydrogens is 624 g/mol. The smallest absolute Gasteiger partial charge is 0.419 e. The number of oxazole rings is 1. The highest BCUT2D eigenvalue weighted by Gasteiger charge is 2.35. The number of para-hydroxylation sites is 1. The molecule has 0 unspecified atom stereocenters. The number of urea groups is 1. The van der Waals surface area contributed by atoms with Gasteiger partial charge >= 0.3 is 11.8 Å². The van der Waals surface area contributed by atoms with Gasteiger partial charge in [-0.05, 0) is 74.4 Å². The summed E-state index contributed by atoms with van der Waals surface area (Å²) in [6.07, 6.45) is 3.97. The molecule has 3 fully saturated rings. The highest BCUT2D eigenvalue weighted by molar-refractivity contribution is 5.91. The highest BCUT2D eigenvalue weighted by atomic mass is 16.5. The lowest BCUT2D eigenvalue weighted by atomic mass is 10.0. The first-order chi connectivity index (χ1) is 23.7. The Morgan fingerprint density at radius 2 is 1.69 bits per heavy atom. The van der Waals surface area contributed by atoms with Crippen LogP contribution in [0.5, 0.6) is 0 Å². The first-order valence-electron chi connectivity index (χ1n) is 17.7. The number of aromatic nitrogens is 1. The third-order valence-corrected chi connectivity index (χ3v) is 10.8. The summed E-state index contributed by atoms with van der Waals surface area (Å²) in [6, 6.07) is 12.4. The molecule has 3 aromatic rings. The van der Waals surface area contributed by atoms with Crippen LogP contribution in [-0.4, -0.2) is 113 Å². The van der Waals surface area contributed by atoms with E-state index in [-0.39, 0.29) is 18.0 Å². The minimum absolute atomic E-state index is 0.0532. The molecule has 0 spiro atoms. The molecule has 2 aromatic carbocycles. The van der Waals surface area contributed by atoms with Crippen LogP contribution in [0.3, 0.4) is 0 Å². The van der Waals surface area contributed by atoms with Gasteiger partial charge in [0.15, 0.2) is 17.6 Å². The van der Waals surface area contributed by atoms with Crippen LogP contribution in [0.1, 0.15) is 42.4 Å². The second-order valence-corrected chi connectivity index (χ2v) is 13.8.